The quantitative estimate of drug-likeness (QED) is 0.698. The number of nitrogens with zero attached hydrogens (tertiary/aromatic N) is 3. The van der Waals surface area contributed by atoms with Crippen molar-refractivity contribution in [1.29, 1.82) is 5.26 Å². The fraction of sp³-hybridized carbons (Fsp3) is 0.500. The molecule has 1 aliphatic heterocycles. The van der Waals surface area contributed by atoms with Crippen molar-refractivity contribution in [2.24, 2.45) is 11.8 Å². The second-order valence-electron chi connectivity index (χ2n) is 4.34. The SMILES string of the molecule is CC1CN(c2cccnc2C#N)CC1C. The maximum absolute atomic E-state index is 8.97. The van der Waals surface area contributed by atoms with E-state index < -0.39 is 0 Å². The Labute approximate surface area is 90.4 Å². The topological polar surface area (TPSA) is 39.9 Å². The summed E-state index contributed by atoms with van der Waals surface area (Å²) in [5.74, 6) is 1.38. The Balaban J connectivity index is 2.28. The van der Waals surface area contributed by atoms with Crippen molar-refractivity contribution in [2.45, 2.75) is 13.8 Å². The first-order chi connectivity index (χ1) is 7.22. The van der Waals surface area contributed by atoms with Gasteiger partial charge in [-0.1, -0.05) is 13.8 Å². The number of hydrogen-bond donors (Lipinski definition) is 0. The second kappa shape index (κ2) is 3.90. The van der Waals surface area contributed by atoms with Gasteiger partial charge in [0.25, 0.3) is 0 Å². The summed E-state index contributed by atoms with van der Waals surface area (Å²) in [7, 11) is 0. The lowest BCUT2D eigenvalue weighted by Gasteiger charge is -2.18. The largest absolute Gasteiger partial charge is 0.369 e. The van der Waals surface area contributed by atoms with Gasteiger partial charge in [-0.3, -0.25) is 0 Å². The van der Waals surface area contributed by atoms with Gasteiger partial charge in [0.15, 0.2) is 5.69 Å². The molecule has 0 bridgehead atoms. The van der Waals surface area contributed by atoms with Crippen LogP contribution in [-0.2, 0) is 0 Å². The lowest BCUT2D eigenvalue weighted by Crippen LogP contribution is -2.20. The molecule has 1 aromatic heterocycles. The van der Waals surface area contributed by atoms with E-state index in [-0.39, 0.29) is 0 Å². The molecular formula is C12H15N3. The molecule has 78 valence electrons. The lowest BCUT2D eigenvalue weighted by molar-refractivity contribution is 0.494. The van der Waals surface area contributed by atoms with Crippen LogP contribution in [0.25, 0.3) is 0 Å². The van der Waals surface area contributed by atoms with Crippen molar-refractivity contribution in [2.75, 3.05) is 18.0 Å². The Morgan fingerprint density at radius 2 is 2.07 bits per heavy atom. The Morgan fingerprint density at radius 3 is 2.67 bits per heavy atom. The van der Waals surface area contributed by atoms with E-state index >= 15 is 0 Å². The fourth-order valence-electron chi connectivity index (χ4n) is 2.06. The van der Waals surface area contributed by atoms with E-state index in [0.29, 0.717) is 17.5 Å². The van der Waals surface area contributed by atoms with Gasteiger partial charge in [-0.05, 0) is 24.0 Å². The average molecular weight is 201 g/mol. The molecule has 0 amide bonds. The summed E-state index contributed by atoms with van der Waals surface area (Å²) in [6.45, 7) is 6.57. The van der Waals surface area contributed by atoms with Crippen LogP contribution in [0.15, 0.2) is 18.3 Å². The van der Waals surface area contributed by atoms with E-state index in [0.717, 1.165) is 18.8 Å². The standard InChI is InChI=1S/C12H15N3/c1-9-7-15(8-10(9)2)12-4-3-5-14-11(12)6-13/h3-5,9-10H,7-8H2,1-2H3. The number of hydrogen-bond acceptors (Lipinski definition) is 3. The highest BCUT2D eigenvalue weighted by Gasteiger charge is 2.27. The fourth-order valence-corrected chi connectivity index (χ4v) is 2.06. The van der Waals surface area contributed by atoms with Crippen molar-refractivity contribution >= 4 is 5.69 Å². The van der Waals surface area contributed by atoms with E-state index in [1.54, 1.807) is 6.20 Å². The predicted molar refractivity (Wildman–Crippen MR) is 59.5 cm³/mol. The van der Waals surface area contributed by atoms with Gasteiger partial charge in [0, 0.05) is 19.3 Å². The van der Waals surface area contributed by atoms with Crippen LogP contribution in [0.2, 0.25) is 0 Å². The second-order valence-corrected chi connectivity index (χ2v) is 4.34. The molecule has 0 aliphatic carbocycles. The third-order valence-corrected chi connectivity index (χ3v) is 3.22. The number of rotatable bonds is 1. The minimum atomic E-state index is 0.541. The lowest BCUT2D eigenvalue weighted by atomic mass is 10.0. The summed E-state index contributed by atoms with van der Waals surface area (Å²) >= 11 is 0. The first-order valence-electron chi connectivity index (χ1n) is 5.32. The summed E-state index contributed by atoms with van der Waals surface area (Å²) in [5.41, 5.74) is 1.52. The molecule has 1 aromatic rings. The van der Waals surface area contributed by atoms with Gasteiger partial charge >= 0.3 is 0 Å². The molecule has 0 saturated carbocycles. The van der Waals surface area contributed by atoms with Crippen molar-refractivity contribution in [3.05, 3.63) is 24.0 Å². The van der Waals surface area contributed by atoms with Crippen LogP contribution >= 0.6 is 0 Å². The predicted octanol–water partition coefficient (Wildman–Crippen LogP) is 2.05. The average Bonchev–Trinajstić information content (AvgIpc) is 2.59. The molecule has 0 radical (unpaired) electrons. The van der Waals surface area contributed by atoms with E-state index in [4.69, 9.17) is 5.26 Å². The molecule has 3 heteroatoms. The Hall–Kier alpha value is -1.56. The highest BCUT2D eigenvalue weighted by Crippen LogP contribution is 2.28. The van der Waals surface area contributed by atoms with Crippen molar-refractivity contribution in [3.63, 3.8) is 0 Å². The van der Waals surface area contributed by atoms with Crippen LogP contribution in [0.5, 0.6) is 0 Å². The van der Waals surface area contributed by atoms with Crippen LogP contribution in [-0.4, -0.2) is 18.1 Å². The zero-order chi connectivity index (χ0) is 10.8. The van der Waals surface area contributed by atoms with Crippen molar-refractivity contribution in [1.82, 2.24) is 4.98 Å². The van der Waals surface area contributed by atoms with E-state index in [9.17, 15) is 0 Å². The summed E-state index contributed by atoms with van der Waals surface area (Å²) in [4.78, 5) is 6.35. The highest BCUT2D eigenvalue weighted by atomic mass is 15.2. The molecular weight excluding hydrogens is 186 g/mol. The molecule has 1 saturated heterocycles. The van der Waals surface area contributed by atoms with Crippen LogP contribution in [0.4, 0.5) is 5.69 Å². The molecule has 2 unspecified atom stereocenters. The number of anilines is 1. The van der Waals surface area contributed by atoms with Gasteiger partial charge in [-0.15, -0.1) is 0 Å². The molecule has 2 heterocycles. The van der Waals surface area contributed by atoms with Gasteiger partial charge in [0.1, 0.15) is 6.07 Å². The Kier molecular flexibility index (Phi) is 2.59. The Morgan fingerprint density at radius 1 is 1.40 bits per heavy atom. The maximum atomic E-state index is 8.97. The smallest absolute Gasteiger partial charge is 0.163 e. The van der Waals surface area contributed by atoms with Gasteiger partial charge in [-0.25, -0.2) is 4.98 Å². The van der Waals surface area contributed by atoms with Crippen molar-refractivity contribution < 1.29 is 0 Å². The minimum absolute atomic E-state index is 0.541. The van der Waals surface area contributed by atoms with Crippen LogP contribution < -0.4 is 4.90 Å². The monoisotopic (exact) mass is 201 g/mol. The third kappa shape index (κ3) is 1.80. The molecule has 0 N–H and O–H groups in total. The summed E-state index contributed by atoms with van der Waals surface area (Å²) in [5, 5.41) is 8.97. The van der Waals surface area contributed by atoms with Gasteiger partial charge in [0.05, 0.1) is 5.69 Å². The summed E-state index contributed by atoms with van der Waals surface area (Å²) in [6, 6.07) is 6.02. The zero-order valence-corrected chi connectivity index (χ0v) is 9.14. The summed E-state index contributed by atoms with van der Waals surface area (Å²) < 4.78 is 0. The first kappa shape index (κ1) is 9.97. The summed E-state index contributed by atoms with van der Waals surface area (Å²) in [6.07, 6.45) is 1.67. The molecule has 2 atom stereocenters. The molecule has 0 spiro atoms. The molecule has 15 heavy (non-hydrogen) atoms. The first-order valence-corrected chi connectivity index (χ1v) is 5.32. The normalized spacial score (nSPS) is 25.3. The van der Waals surface area contributed by atoms with Crippen LogP contribution in [0.3, 0.4) is 0 Å². The minimum Gasteiger partial charge on any atom is -0.369 e. The maximum Gasteiger partial charge on any atom is 0.163 e. The van der Waals surface area contributed by atoms with Crippen LogP contribution in [0.1, 0.15) is 19.5 Å². The number of pyridine rings is 1. The molecule has 1 fully saturated rings. The number of nitriles is 1. The van der Waals surface area contributed by atoms with Gasteiger partial charge < -0.3 is 4.90 Å². The molecule has 3 nitrogen and oxygen atoms in total. The molecule has 2 rings (SSSR count). The van der Waals surface area contributed by atoms with Crippen LogP contribution in [0, 0.1) is 23.2 Å². The van der Waals surface area contributed by atoms with Gasteiger partial charge in [-0.2, -0.15) is 5.26 Å². The number of aromatic nitrogens is 1. The third-order valence-electron chi connectivity index (χ3n) is 3.22. The Bertz CT molecular complexity index is 384. The van der Waals surface area contributed by atoms with Gasteiger partial charge in [0.2, 0.25) is 0 Å². The zero-order valence-electron chi connectivity index (χ0n) is 9.14. The highest BCUT2D eigenvalue weighted by molar-refractivity contribution is 5.56. The molecule has 1 aliphatic rings. The van der Waals surface area contributed by atoms with Crippen molar-refractivity contribution in [3.8, 4) is 6.07 Å². The van der Waals surface area contributed by atoms with E-state index in [2.05, 4.69) is 29.8 Å². The van der Waals surface area contributed by atoms with E-state index in [1.165, 1.54) is 0 Å². The molecule has 0 aromatic carbocycles. The van der Waals surface area contributed by atoms with E-state index in [1.807, 2.05) is 12.1 Å².